The number of hydrogen-bond donors (Lipinski definition) is 2. The summed E-state index contributed by atoms with van der Waals surface area (Å²) in [4.78, 5) is 0. The summed E-state index contributed by atoms with van der Waals surface area (Å²) in [5.41, 5.74) is 4.38. The molecule has 3 saturated carbocycles. The highest BCUT2D eigenvalue weighted by Crippen LogP contribution is 2.52. The predicted molar refractivity (Wildman–Crippen MR) is 79.1 cm³/mol. The molecule has 0 aromatic heterocycles. The lowest BCUT2D eigenvalue weighted by Gasteiger charge is -2.30. The smallest absolute Gasteiger partial charge is 0.120 e. The lowest BCUT2D eigenvalue weighted by atomic mass is 9.81. The molecule has 0 amide bonds. The van der Waals surface area contributed by atoms with E-state index < -0.39 is 0 Å². The lowest BCUT2D eigenvalue weighted by Crippen LogP contribution is -2.35. The minimum atomic E-state index is 0.285. The topological polar surface area (TPSA) is 47.3 Å². The molecule has 3 aliphatic carbocycles. The van der Waals surface area contributed by atoms with Crippen LogP contribution in [-0.2, 0) is 0 Å². The fraction of sp³-hybridized carbons (Fsp3) is 0.647. The van der Waals surface area contributed by atoms with E-state index in [-0.39, 0.29) is 6.04 Å². The highest BCUT2D eigenvalue weighted by Gasteiger charge is 2.43. The number of nitrogens with one attached hydrogen (secondary N) is 1. The van der Waals surface area contributed by atoms with E-state index in [0.29, 0.717) is 12.0 Å². The highest BCUT2D eigenvalue weighted by atomic mass is 16.5. The van der Waals surface area contributed by atoms with Crippen molar-refractivity contribution in [3.63, 3.8) is 0 Å². The minimum Gasteiger partial charge on any atom is -0.490 e. The van der Waals surface area contributed by atoms with Gasteiger partial charge in [0.05, 0.1) is 6.10 Å². The first-order valence-electron chi connectivity index (χ1n) is 8.06. The van der Waals surface area contributed by atoms with Crippen LogP contribution in [-0.4, -0.2) is 6.10 Å². The molecule has 0 saturated heterocycles. The first-order chi connectivity index (χ1) is 9.83. The summed E-state index contributed by atoms with van der Waals surface area (Å²) in [6.07, 6.45) is 8.45. The molecule has 4 unspecified atom stereocenters. The summed E-state index contributed by atoms with van der Waals surface area (Å²) in [6, 6.07) is 8.83. The van der Waals surface area contributed by atoms with Crippen LogP contribution in [0, 0.1) is 17.8 Å². The molecule has 108 valence electrons. The molecule has 2 bridgehead atoms. The van der Waals surface area contributed by atoms with Crippen molar-refractivity contribution >= 4 is 0 Å². The molecule has 0 spiro atoms. The van der Waals surface area contributed by atoms with E-state index in [0.717, 1.165) is 17.6 Å². The van der Waals surface area contributed by atoms with Crippen molar-refractivity contribution in [1.29, 1.82) is 0 Å². The van der Waals surface area contributed by atoms with Gasteiger partial charge >= 0.3 is 0 Å². The van der Waals surface area contributed by atoms with E-state index in [2.05, 4.69) is 29.7 Å². The average molecular weight is 272 g/mol. The number of ether oxygens (including phenoxy) is 1. The molecule has 0 aliphatic heterocycles. The first-order valence-corrected chi connectivity index (χ1v) is 8.06. The second kappa shape index (κ2) is 5.05. The summed E-state index contributed by atoms with van der Waals surface area (Å²) in [6.45, 7) is 0. The van der Waals surface area contributed by atoms with Crippen molar-refractivity contribution in [2.45, 2.75) is 50.7 Å². The molecule has 3 N–H and O–H groups in total. The Balaban J connectivity index is 1.54. The van der Waals surface area contributed by atoms with Crippen molar-refractivity contribution in [2.24, 2.45) is 23.6 Å². The third-order valence-corrected chi connectivity index (χ3v) is 5.44. The second-order valence-electron chi connectivity index (χ2n) is 6.87. The van der Waals surface area contributed by atoms with E-state index >= 15 is 0 Å². The molecule has 4 rings (SSSR count). The maximum atomic E-state index is 5.92. The molecule has 4 atom stereocenters. The third kappa shape index (κ3) is 2.33. The van der Waals surface area contributed by atoms with Crippen LogP contribution in [0.4, 0.5) is 0 Å². The van der Waals surface area contributed by atoms with Gasteiger partial charge in [-0.15, -0.1) is 0 Å². The van der Waals surface area contributed by atoms with Crippen LogP contribution in [0.25, 0.3) is 0 Å². The fourth-order valence-electron chi connectivity index (χ4n) is 4.33. The van der Waals surface area contributed by atoms with Gasteiger partial charge in [-0.3, -0.25) is 11.3 Å². The molecule has 3 nitrogen and oxygen atoms in total. The molecule has 3 fully saturated rings. The van der Waals surface area contributed by atoms with Crippen LogP contribution in [0.5, 0.6) is 5.75 Å². The molecule has 0 radical (unpaired) electrons. The number of hydrogen-bond acceptors (Lipinski definition) is 3. The van der Waals surface area contributed by atoms with Crippen LogP contribution in [0.15, 0.2) is 24.3 Å². The monoisotopic (exact) mass is 272 g/mol. The number of nitrogens with two attached hydrogens (primary N) is 1. The van der Waals surface area contributed by atoms with Gasteiger partial charge in [-0.05, 0) is 67.6 Å². The largest absolute Gasteiger partial charge is 0.490 e. The summed E-state index contributed by atoms with van der Waals surface area (Å²) >= 11 is 0. The predicted octanol–water partition coefficient (Wildman–Crippen LogP) is 3.17. The second-order valence-corrected chi connectivity index (χ2v) is 6.87. The zero-order valence-electron chi connectivity index (χ0n) is 11.9. The summed E-state index contributed by atoms with van der Waals surface area (Å²) in [5.74, 6) is 9.42. The van der Waals surface area contributed by atoms with Crippen LogP contribution in [0.2, 0.25) is 0 Å². The van der Waals surface area contributed by atoms with E-state index in [9.17, 15) is 0 Å². The maximum absolute atomic E-state index is 5.92. The minimum absolute atomic E-state index is 0.285. The Bertz CT molecular complexity index is 486. The number of benzene rings is 1. The summed E-state index contributed by atoms with van der Waals surface area (Å²) < 4.78 is 5.92. The van der Waals surface area contributed by atoms with Gasteiger partial charge in [0.15, 0.2) is 0 Å². The first kappa shape index (κ1) is 12.7. The molecular weight excluding hydrogens is 248 g/mol. The van der Waals surface area contributed by atoms with Gasteiger partial charge in [-0.2, -0.15) is 0 Å². The van der Waals surface area contributed by atoms with Gasteiger partial charge in [0, 0.05) is 6.04 Å². The zero-order chi connectivity index (χ0) is 13.5. The van der Waals surface area contributed by atoms with Crippen LogP contribution >= 0.6 is 0 Å². The Labute approximate surface area is 120 Å². The van der Waals surface area contributed by atoms with Gasteiger partial charge in [0.25, 0.3) is 0 Å². The van der Waals surface area contributed by atoms with E-state index in [1.807, 2.05) is 0 Å². The Morgan fingerprint density at radius 3 is 2.70 bits per heavy atom. The van der Waals surface area contributed by atoms with Crippen molar-refractivity contribution in [3.8, 4) is 5.75 Å². The van der Waals surface area contributed by atoms with Crippen molar-refractivity contribution in [3.05, 3.63) is 29.8 Å². The van der Waals surface area contributed by atoms with Crippen molar-refractivity contribution < 1.29 is 4.74 Å². The standard InChI is InChI=1S/C17H24N2O/c18-19-17(16-9-11-4-5-12(16)8-11)13-2-1-3-15(10-13)20-14-6-7-14/h1-3,10-12,14,16-17,19H,4-9,18H2. The zero-order valence-corrected chi connectivity index (χ0v) is 11.9. The number of fused-ring (bicyclic) bond motifs is 2. The number of rotatable bonds is 5. The van der Waals surface area contributed by atoms with Crippen molar-refractivity contribution in [2.75, 3.05) is 0 Å². The number of hydrazine groups is 1. The van der Waals surface area contributed by atoms with Gasteiger partial charge in [0.2, 0.25) is 0 Å². The molecule has 0 heterocycles. The van der Waals surface area contributed by atoms with E-state index in [1.165, 1.54) is 44.1 Å². The third-order valence-electron chi connectivity index (χ3n) is 5.44. The molecule has 20 heavy (non-hydrogen) atoms. The molecule has 3 heteroatoms. The Morgan fingerprint density at radius 2 is 2.05 bits per heavy atom. The molecular formula is C17H24N2O. The maximum Gasteiger partial charge on any atom is 0.120 e. The average Bonchev–Trinajstić information content (AvgIpc) is 3.02. The quantitative estimate of drug-likeness (QED) is 0.639. The van der Waals surface area contributed by atoms with Gasteiger partial charge in [0.1, 0.15) is 5.75 Å². The SMILES string of the molecule is NNC(c1cccc(OC2CC2)c1)C1CC2CCC1C2. The fourth-order valence-corrected chi connectivity index (χ4v) is 4.33. The molecule has 1 aromatic carbocycles. The van der Waals surface area contributed by atoms with E-state index in [1.54, 1.807) is 0 Å². The lowest BCUT2D eigenvalue weighted by molar-refractivity contribution is 0.251. The van der Waals surface area contributed by atoms with Crippen molar-refractivity contribution in [1.82, 2.24) is 5.43 Å². The molecule has 1 aromatic rings. The van der Waals surface area contributed by atoms with E-state index in [4.69, 9.17) is 10.6 Å². The molecule has 3 aliphatic rings. The Kier molecular flexibility index (Phi) is 3.20. The Hall–Kier alpha value is -1.06. The van der Waals surface area contributed by atoms with Crippen LogP contribution < -0.4 is 16.0 Å². The van der Waals surface area contributed by atoms with Gasteiger partial charge in [-0.25, -0.2) is 0 Å². The van der Waals surface area contributed by atoms with Gasteiger partial charge in [-0.1, -0.05) is 18.6 Å². The summed E-state index contributed by atoms with van der Waals surface area (Å²) in [7, 11) is 0. The van der Waals surface area contributed by atoms with Gasteiger partial charge < -0.3 is 4.74 Å². The Morgan fingerprint density at radius 1 is 1.15 bits per heavy atom. The highest BCUT2D eigenvalue weighted by molar-refractivity contribution is 5.32. The summed E-state index contributed by atoms with van der Waals surface area (Å²) in [5, 5.41) is 0. The normalized spacial score (nSPS) is 33.4. The van der Waals surface area contributed by atoms with Crippen LogP contribution in [0.1, 0.15) is 50.1 Å². The van der Waals surface area contributed by atoms with Crippen LogP contribution in [0.3, 0.4) is 0 Å².